The zero-order valence-electron chi connectivity index (χ0n) is 55.6. The van der Waals surface area contributed by atoms with Gasteiger partial charge in [0.1, 0.15) is 63.3 Å². The van der Waals surface area contributed by atoms with Gasteiger partial charge in [0, 0.05) is 50.6 Å². The smallest absolute Gasteiger partial charge is 0.497 e. The van der Waals surface area contributed by atoms with Crippen molar-refractivity contribution < 1.29 is 55.0 Å². The van der Waals surface area contributed by atoms with Gasteiger partial charge in [-0.25, -0.2) is 4.79 Å². The minimum absolute atomic E-state index is 0. The zero-order valence-corrected chi connectivity index (χ0v) is 57.3. The van der Waals surface area contributed by atoms with Crippen molar-refractivity contribution in [2.45, 2.75) is 237 Å². The molecule has 14 heteroatoms. The molecular weight excluding hydrogens is 1140 g/mol. The van der Waals surface area contributed by atoms with Crippen molar-refractivity contribution >= 4 is 51.0 Å². The highest BCUT2D eigenvalue weighted by atomic mass is 31.2. The summed E-state index contributed by atoms with van der Waals surface area (Å²) >= 11 is 0. The first-order valence-corrected chi connectivity index (χ1v) is 33.3. The monoisotopic (exact) mass is 1250 g/mol. The molecule has 0 radical (unpaired) electrons. The summed E-state index contributed by atoms with van der Waals surface area (Å²) in [7, 11) is 2.05. The van der Waals surface area contributed by atoms with Gasteiger partial charge in [-0.05, 0) is 102 Å². The molecule has 0 aliphatic carbocycles. The fraction of sp³-hybridized carbons (Fsp3) is 0.541. The van der Waals surface area contributed by atoms with Crippen LogP contribution in [0.2, 0.25) is 0 Å². The molecule has 488 valence electrons. The van der Waals surface area contributed by atoms with Crippen molar-refractivity contribution in [3.63, 3.8) is 0 Å². The molecule has 12 nitrogen and oxygen atoms in total. The summed E-state index contributed by atoms with van der Waals surface area (Å²) in [6.07, 6.45) is 24.8. The maximum absolute atomic E-state index is 13.3. The molecule has 1 aliphatic heterocycles. The van der Waals surface area contributed by atoms with Crippen molar-refractivity contribution in [1.82, 2.24) is 0 Å². The Morgan fingerprint density at radius 2 is 0.830 bits per heavy atom. The Bertz CT molecular complexity index is 3130. The van der Waals surface area contributed by atoms with E-state index < -0.39 is 33.6 Å². The van der Waals surface area contributed by atoms with Gasteiger partial charge in [0.25, 0.3) is 0 Å². The second kappa shape index (κ2) is 35.3. The van der Waals surface area contributed by atoms with E-state index in [0.717, 1.165) is 52.2 Å². The molecule has 1 unspecified atom stereocenters. The van der Waals surface area contributed by atoms with Crippen LogP contribution in [0.4, 0.5) is 0 Å². The molecule has 0 bridgehead atoms. The first-order chi connectivity index (χ1) is 40.8. The van der Waals surface area contributed by atoms with E-state index in [0.29, 0.717) is 68.1 Å². The molecule has 0 saturated carbocycles. The number of allylic oxidation sites excluding steroid dienone is 2. The highest BCUT2D eigenvalue weighted by Crippen LogP contribution is 2.56. The van der Waals surface area contributed by atoms with E-state index in [1.807, 2.05) is 48.5 Å². The lowest BCUT2D eigenvalue weighted by Gasteiger charge is -2.30. The minimum atomic E-state index is -2.27. The molecule has 1 atom stereocenters. The molecule has 88 heavy (non-hydrogen) atoms. The van der Waals surface area contributed by atoms with Gasteiger partial charge in [-0.3, -0.25) is 0 Å². The predicted molar refractivity (Wildman–Crippen MR) is 370 cm³/mol. The summed E-state index contributed by atoms with van der Waals surface area (Å²) in [6.45, 7) is 32.1. The average Bonchev–Trinajstić information content (AvgIpc) is 1.74. The number of unbranched alkanes of at least 4 members (excludes halogenated alkanes) is 12. The van der Waals surface area contributed by atoms with E-state index in [4.69, 9.17) is 45.4 Å². The van der Waals surface area contributed by atoms with Gasteiger partial charge in [-0.15, -0.1) is 0 Å². The maximum Gasteiger partial charge on any atom is 0.532 e. The third kappa shape index (κ3) is 21.3. The van der Waals surface area contributed by atoms with E-state index in [1.54, 1.807) is 52.7 Å². The van der Waals surface area contributed by atoms with Gasteiger partial charge in [0.05, 0.1) is 28.4 Å². The van der Waals surface area contributed by atoms with Crippen LogP contribution >= 0.6 is 16.8 Å². The van der Waals surface area contributed by atoms with Crippen molar-refractivity contribution in [2.75, 3.05) is 28.4 Å². The van der Waals surface area contributed by atoms with Crippen LogP contribution in [0, 0.1) is 0 Å². The van der Waals surface area contributed by atoms with E-state index in [9.17, 15) is 9.59 Å². The number of ether oxygens (including phenoxy) is 4. The van der Waals surface area contributed by atoms with E-state index in [-0.39, 0.29) is 25.7 Å². The minimum Gasteiger partial charge on any atom is -0.497 e. The number of methoxy groups -OCH3 is 4. The average molecular weight is 1250 g/mol. The number of hydrogen-bond donors (Lipinski definition) is 0. The molecule has 0 fully saturated rings. The first kappa shape index (κ1) is 76.2. The van der Waals surface area contributed by atoms with Crippen LogP contribution in [-0.4, -0.2) is 40.7 Å². The lowest BCUT2D eigenvalue weighted by molar-refractivity contribution is -0.107. The number of carbonyl (C=O) groups excluding carboxylic acids is 2. The zero-order chi connectivity index (χ0) is 63.4. The standard InChI is InChI=1S/C51H60O11P2.C11H22O.C10H20.2CH4/c1-48(2,3)38-25-29(53-13)21-34(43(38)58-63-57-42-20-18-17-19-33(42)47(52)62-63)35-22-30(54-14)26-39(49(4,5)6)44(35)59-64-60-45-36(23-31(55-15)27-40(45)50(7,8)9)37-24-32(56-16)28-41(46(37)61-64)51(10,11)12;1-2-3-4-5-6-7-8-9-10-11-12;1-3-5-7-9-10-8-6-4-2;;/h17-28H,1-16H3;11H,2-10H2,1H3;9-10H,3-8H2,1-2H3;2*1H4/b;;10-9+;;. The lowest BCUT2D eigenvalue weighted by Crippen LogP contribution is -2.18. The summed E-state index contributed by atoms with van der Waals surface area (Å²) < 4.78 is 64.3. The summed E-state index contributed by atoms with van der Waals surface area (Å²) in [6, 6.07) is 22.6. The van der Waals surface area contributed by atoms with E-state index in [1.165, 1.54) is 83.5 Å². The molecule has 7 rings (SSSR count). The van der Waals surface area contributed by atoms with Crippen LogP contribution in [0.5, 0.6) is 40.2 Å². The molecular formula is C74H110O12P2. The van der Waals surface area contributed by atoms with Crippen LogP contribution in [-0.2, 0) is 31.0 Å². The molecule has 1 aliphatic rings. The molecule has 0 spiro atoms. The number of para-hydroxylation sites is 1. The lowest BCUT2D eigenvalue weighted by atomic mass is 9.81. The predicted octanol–water partition coefficient (Wildman–Crippen LogP) is 23.8. The number of rotatable bonds is 24. The van der Waals surface area contributed by atoms with Gasteiger partial charge in [0.15, 0.2) is 0 Å². The summed E-state index contributed by atoms with van der Waals surface area (Å²) in [5.74, 6) is 3.23. The van der Waals surface area contributed by atoms with Crippen LogP contribution in [0.1, 0.15) is 248 Å². The van der Waals surface area contributed by atoms with Crippen LogP contribution < -0.4 is 32.5 Å². The van der Waals surface area contributed by atoms with Gasteiger partial charge in [0.2, 0.25) is 0 Å². The van der Waals surface area contributed by atoms with Gasteiger partial charge >= 0.3 is 22.8 Å². The quantitative estimate of drug-likeness (QED) is 0.0247. The Morgan fingerprint density at radius 1 is 0.443 bits per heavy atom. The van der Waals surface area contributed by atoms with Gasteiger partial charge in [-0.1, -0.05) is 214 Å². The first-order valence-electron chi connectivity index (χ1n) is 31.1. The third-order valence-electron chi connectivity index (χ3n) is 14.9. The highest BCUT2D eigenvalue weighted by Gasteiger charge is 2.37. The summed E-state index contributed by atoms with van der Waals surface area (Å²) in [5, 5.41) is 1.57. The maximum atomic E-state index is 13.3. The summed E-state index contributed by atoms with van der Waals surface area (Å²) in [5.41, 5.74) is 4.33. The van der Waals surface area contributed by atoms with Crippen molar-refractivity contribution in [1.29, 1.82) is 0 Å². The number of hydrogen-bond acceptors (Lipinski definition) is 12. The fourth-order valence-electron chi connectivity index (χ4n) is 9.87. The molecule has 0 N–H and O–H groups in total. The largest absolute Gasteiger partial charge is 0.532 e. The van der Waals surface area contributed by atoms with Crippen LogP contribution in [0.15, 0.2) is 93.3 Å². The second-order valence-electron chi connectivity index (χ2n) is 26.2. The Labute approximate surface area is 532 Å². The third-order valence-corrected chi connectivity index (χ3v) is 16.9. The molecule has 2 heterocycles. The second-order valence-corrected chi connectivity index (χ2v) is 28.2. The SMILES string of the molecule is C.C.CCCC/C=C/CCCC.CCCCCCCCCCC=O.COc1cc(-c2cc(OC)cc(C(C)(C)C)c2Op2oc3c(C(C)(C)C)cc(OC)cc3c3cc(OC)cc(C(C)(C)C)c3o2)c(OP2OC(=O)c3ccccc3O2)c(C(C)(C)C)c1. The topological polar surface area (TPSA) is 134 Å². The highest BCUT2D eigenvalue weighted by molar-refractivity contribution is 7.43. The Hall–Kier alpha value is -6.09. The van der Waals surface area contributed by atoms with Crippen molar-refractivity contribution in [2.24, 2.45) is 0 Å². The van der Waals surface area contributed by atoms with Crippen LogP contribution in [0.3, 0.4) is 0 Å². The summed E-state index contributed by atoms with van der Waals surface area (Å²) in [4.78, 5) is 23.3. The normalized spacial score (nSPS) is 13.1. The van der Waals surface area contributed by atoms with Gasteiger partial charge in [-0.2, -0.15) is 0 Å². The van der Waals surface area contributed by atoms with Crippen molar-refractivity contribution in [3.8, 4) is 51.4 Å². The molecule has 0 amide bonds. The molecule has 5 aromatic carbocycles. The molecule has 0 saturated heterocycles. The number of aldehydes is 1. The van der Waals surface area contributed by atoms with Gasteiger partial charge < -0.3 is 50.2 Å². The number of carbonyl (C=O) groups is 2. The van der Waals surface area contributed by atoms with Crippen molar-refractivity contribution in [3.05, 3.63) is 113 Å². The number of fused-ring (bicyclic) bond motifs is 4. The Morgan fingerprint density at radius 3 is 1.24 bits per heavy atom. The Kier molecular flexibility index (Phi) is 30.6. The Balaban J connectivity index is 0.000000715. The van der Waals surface area contributed by atoms with E-state index in [2.05, 4.69) is 116 Å². The fourth-order valence-corrected chi connectivity index (χ4v) is 12.0. The van der Waals surface area contributed by atoms with E-state index >= 15 is 0 Å². The molecule has 1 aromatic heterocycles. The number of benzene rings is 5. The molecule has 6 aromatic rings. The van der Waals surface area contributed by atoms with Crippen LogP contribution in [0.25, 0.3) is 33.1 Å².